The summed E-state index contributed by atoms with van der Waals surface area (Å²) in [7, 11) is -3.55. The van der Waals surface area contributed by atoms with Crippen molar-refractivity contribution >= 4 is 20.7 Å². The van der Waals surface area contributed by atoms with E-state index in [0.29, 0.717) is 25.4 Å². The van der Waals surface area contributed by atoms with Crippen LogP contribution in [0.15, 0.2) is 30.3 Å². The van der Waals surface area contributed by atoms with Crippen LogP contribution in [0.2, 0.25) is 0 Å². The molecule has 0 radical (unpaired) electrons. The predicted octanol–water partition coefficient (Wildman–Crippen LogP) is 1.99. The third-order valence-corrected chi connectivity index (χ3v) is 7.48. The number of hydrogen-bond donors (Lipinski definition) is 0. The van der Waals surface area contributed by atoms with Gasteiger partial charge in [-0.25, -0.2) is 0 Å². The maximum absolute atomic E-state index is 12.7. The van der Waals surface area contributed by atoms with Crippen LogP contribution in [0.4, 0.5) is 0 Å². The van der Waals surface area contributed by atoms with Crippen molar-refractivity contribution in [3.63, 3.8) is 0 Å². The third-order valence-electron chi connectivity index (χ3n) is 3.76. The Balaban J connectivity index is 2.67. The van der Waals surface area contributed by atoms with E-state index in [4.69, 9.17) is 18.0 Å². The summed E-state index contributed by atoms with van der Waals surface area (Å²) in [6.07, 6.45) is -0.137. The van der Waals surface area contributed by atoms with Crippen LogP contribution in [0, 0.1) is 0 Å². The lowest BCUT2D eigenvalue weighted by molar-refractivity contribution is -0.153. The maximum atomic E-state index is 12.7. The van der Waals surface area contributed by atoms with Crippen LogP contribution >= 0.6 is 0 Å². The van der Waals surface area contributed by atoms with Gasteiger partial charge in [-0.1, -0.05) is 30.3 Å². The van der Waals surface area contributed by atoms with Crippen LogP contribution in [0.5, 0.6) is 0 Å². The molecule has 1 aliphatic rings. The maximum Gasteiger partial charge on any atom is 0.524 e. The molecule has 0 amide bonds. The van der Waals surface area contributed by atoms with Gasteiger partial charge in [0.2, 0.25) is 0 Å². The smallest absolute Gasteiger partial charge is 0.392 e. The average Bonchev–Trinajstić information content (AvgIpc) is 2.84. The van der Waals surface area contributed by atoms with E-state index in [0.717, 1.165) is 0 Å². The molecule has 2 rings (SSSR count). The minimum Gasteiger partial charge on any atom is -0.392 e. The summed E-state index contributed by atoms with van der Waals surface area (Å²) < 4.78 is 22.6. The first kappa shape index (κ1) is 17.8. The Bertz CT molecular complexity index is 544. The zero-order valence-electron chi connectivity index (χ0n) is 13.7. The fourth-order valence-corrected chi connectivity index (χ4v) is 6.24. The molecule has 1 aromatic carbocycles. The molecule has 0 bridgehead atoms. The first-order valence-electron chi connectivity index (χ1n) is 7.78. The first-order chi connectivity index (χ1) is 11.1. The van der Waals surface area contributed by atoms with Crippen molar-refractivity contribution in [1.82, 2.24) is 0 Å². The van der Waals surface area contributed by atoms with Gasteiger partial charge < -0.3 is 18.0 Å². The summed E-state index contributed by atoms with van der Waals surface area (Å²) >= 11 is 0. The molecule has 1 heterocycles. The topological polar surface area (TPSA) is 71.1 Å². The van der Waals surface area contributed by atoms with Crippen LogP contribution in [0.3, 0.4) is 0 Å². The zero-order valence-corrected chi connectivity index (χ0v) is 14.7. The quantitative estimate of drug-likeness (QED) is 0.410. The van der Waals surface area contributed by atoms with Crippen molar-refractivity contribution in [2.45, 2.75) is 32.2 Å². The Kier molecular flexibility index (Phi) is 5.69. The SMILES string of the molecule is CCO[Si](OCC)(OCC)C1(c2ccccc2)CC(=O)OC1=O. The number of rotatable bonds is 8. The van der Waals surface area contributed by atoms with Crippen LogP contribution in [-0.4, -0.2) is 40.6 Å². The second kappa shape index (κ2) is 7.35. The number of ether oxygens (including phenoxy) is 1. The molecule has 1 aromatic rings. The first-order valence-corrected chi connectivity index (χ1v) is 9.51. The second-order valence-corrected chi connectivity index (χ2v) is 7.90. The van der Waals surface area contributed by atoms with E-state index in [-0.39, 0.29) is 6.42 Å². The lowest BCUT2D eigenvalue weighted by atomic mass is 9.96. The summed E-state index contributed by atoms with van der Waals surface area (Å²) in [5.41, 5.74) is 0.623. The summed E-state index contributed by atoms with van der Waals surface area (Å²) in [4.78, 5) is 24.6. The van der Waals surface area contributed by atoms with E-state index in [1.807, 2.05) is 6.07 Å². The van der Waals surface area contributed by atoms with Gasteiger partial charge in [0, 0.05) is 19.8 Å². The van der Waals surface area contributed by atoms with Crippen molar-refractivity contribution in [3.05, 3.63) is 35.9 Å². The highest BCUT2D eigenvalue weighted by molar-refractivity contribution is 6.69. The van der Waals surface area contributed by atoms with Crippen LogP contribution in [0.1, 0.15) is 32.8 Å². The highest BCUT2D eigenvalue weighted by atomic mass is 28.4. The zero-order chi connectivity index (χ0) is 16.9. The van der Waals surface area contributed by atoms with Gasteiger partial charge >= 0.3 is 20.7 Å². The molecule has 1 atom stereocenters. The van der Waals surface area contributed by atoms with Gasteiger partial charge in [0.1, 0.15) is 0 Å². The monoisotopic (exact) mass is 338 g/mol. The lowest BCUT2D eigenvalue weighted by Crippen LogP contribution is -2.65. The fourth-order valence-electron chi connectivity index (χ4n) is 2.93. The second-order valence-electron chi connectivity index (χ2n) is 5.06. The summed E-state index contributed by atoms with van der Waals surface area (Å²) in [6, 6.07) is 8.99. The Hall–Kier alpha value is -1.54. The molecule has 0 saturated carbocycles. The minimum absolute atomic E-state index is 0.137. The molecule has 6 nitrogen and oxygen atoms in total. The van der Waals surface area contributed by atoms with Crippen molar-refractivity contribution in [2.24, 2.45) is 0 Å². The molecule has 1 fully saturated rings. The molecule has 1 unspecified atom stereocenters. The fraction of sp³-hybridized carbons (Fsp3) is 0.500. The van der Waals surface area contributed by atoms with Crippen LogP contribution in [0.25, 0.3) is 0 Å². The summed E-state index contributed by atoms with van der Waals surface area (Å²) in [6.45, 7) is 6.34. The van der Waals surface area contributed by atoms with Crippen molar-refractivity contribution in [3.8, 4) is 0 Å². The van der Waals surface area contributed by atoms with Gasteiger partial charge in [-0.2, -0.15) is 0 Å². The Morgan fingerprint density at radius 1 is 1.00 bits per heavy atom. The number of benzene rings is 1. The third kappa shape index (κ3) is 2.97. The van der Waals surface area contributed by atoms with E-state index in [9.17, 15) is 9.59 Å². The molecule has 0 N–H and O–H groups in total. The van der Waals surface area contributed by atoms with E-state index in [1.54, 1.807) is 45.0 Å². The Morgan fingerprint density at radius 2 is 1.52 bits per heavy atom. The molecule has 0 spiro atoms. The minimum atomic E-state index is -3.55. The number of esters is 2. The molecule has 0 aromatic heterocycles. The number of carbonyl (C=O) groups is 2. The van der Waals surface area contributed by atoms with E-state index in [2.05, 4.69) is 0 Å². The van der Waals surface area contributed by atoms with Gasteiger partial charge in [-0.05, 0) is 26.3 Å². The van der Waals surface area contributed by atoms with Gasteiger partial charge in [-0.3, -0.25) is 9.59 Å². The molecule has 1 aliphatic heterocycles. The van der Waals surface area contributed by atoms with Crippen LogP contribution < -0.4 is 0 Å². The van der Waals surface area contributed by atoms with Crippen molar-refractivity contribution in [1.29, 1.82) is 0 Å². The largest absolute Gasteiger partial charge is 0.524 e. The van der Waals surface area contributed by atoms with E-state index in [1.165, 1.54) is 0 Å². The van der Waals surface area contributed by atoms with E-state index >= 15 is 0 Å². The number of hydrogen-bond acceptors (Lipinski definition) is 6. The summed E-state index contributed by atoms with van der Waals surface area (Å²) in [5, 5.41) is -1.35. The molecule has 7 heteroatoms. The highest BCUT2D eigenvalue weighted by Crippen LogP contribution is 2.44. The molecule has 126 valence electrons. The molecule has 0 aliphatic carbocycles. The van der Waals surface area contributed by atoms with Crippen molar-refractivity contribution in [2.75, 3.05) is 19.8 Å². The average molecular weight is 338 g/mol. The van der Waals surface area contributed by atoms with Gasteiger partial charge in [0.25, 0.3) is 0 Å². The van der Waals surface area contributed by atoms with Gasteiger partial charge in [-0.15, -0.1) is 0 Å². The number of carbonyl (C=O) groups excluding carboxylic acids is 2. The van der Waals surface area contributed by atoms with Gasteiger partial charge in [0.15, 0.2) is 5.04 Å². The number of cyclic esters (lactones) is 2. The van der Waals surface area contributed by atoms with E-state index < -0.39 is 25.8 Å². The predicted molar refractivity (Wildman–Crippen MR) is 84.5 cm³/mol. The Labute approximate surface area is 137 Å². The molecule has 1 saturated heterocycles. The van der Waals surface area contributed by atoms with Crippen molar-refractivity contribution < 1.29 is 27.6 Å². The molecule has 23 heavy (non-hydrogen) atoms. The van der Waals surface area contributed by atoms with Crippen LogP contribution in [-0.2, 0) is 32.6 Å². The molecular weight excluding hydrogens is 316 g/mol. The highest BCUT2D eigenvalue weighted by Gasteiger charge is 2.71. The Morgan fingerprint density at radius 3 is 1.91 bits per heavy atom. The molecular formula is C16H22O6Si. The normalized spacial score (nSPS) is 21.5. The summed E-state index contributed by atoms with van der Waals surface area (Å²) in [5.74, 6) is -1.24. The van der Waals surface area contributed by atoms with Gasteiger partial charge in [0.05, 0.1) is 6.42 Å². The lowest BCUT2D eigenvalue weighted by Gasteiger charge is -2.39. The standard InChI is InChI=1S/C16H22O6Si/c1-4-19-23(20-5-2,21-6-3)16(12-14(17)22-15(16)18)13-10-8-7-9-11-13/h7-11H,4-6,12H2,1-3H3.